The molecule has 3 aromatic rings. The SMILES string of the molecule is CCOC(=O)c1[nH]cc(C(=O)Oc2ccccc2I)c1-c1ccccc1. The topological polar surface area (TPSA) is 68.4 Å². The highest BCUT2D eigenvalue weighted by Crippen LogP contribution is 2.30. The molecule has 0 fully saturated rings. The number of ether oxygens (including phenoxy) is 2. The third kappa shape index (κ3) is 3.80. The maximum atomic E-state index is 12.8. The maximum Gasteiger partial charge on any atom is 0.355 e. The molecular formula is C20H16INO4. The quantitative estimate of drug-likeness (QED) is 0.341. The Labute approximate surface area is 164 Å². The number of rotatable bonds is 5. The minimum atomic E-state index is -0.542. The number of para-hydroxylation sites is 1. The van der Waals surface area contributed by atoms with Gasteiger partial charge in [0.2, 0.25) is 0 Å². The Morgan fingerprint density at radius 2 is 1.69 bits per heavy atom. The predicted octanol–water partition coefficient (Wildman–Crippen LogP) is 4.68. The number of aromatic amines is 1. The number of halogens is 1. The second kappa shape index (κ2) is 8.18. The third-order valence-electron chi connectivity index (χ3n) is 3.68. The van der Waals surface area contributed by atoms with E-state index in [0.717, 1.165) is 9.13 Å². The highest BCUT2D eigenvalue weighted by atomic mass is 127. The first-order valence-corrected chi connectivity index (χ1v) is 9.10. The fraction of sp³-hybridized carbons (Fsp3) is 0.100. The van der Waals surface area contributed by atoms with E-state index in [4.69, 9.17) is 9.47 Å². The first kappa shape index (κ1) is 18.2. The highest BCUT2D eigenvalue weighted by molar-refractivity contribution is 14.1. The number of aromatic nitrogens is 1. The van der Waals surface area contributed by atoms with E-state index in [2.05, 4.69) is 27.6 Å². The van der Waals surface area contributed by atoms with Crippen LogP contribution < -0.4 is 4.74 Å². The van der Waals surface area contributed by atoms with Gasteiger partial charge in [-0.15, -0.1) is 0 Å². The van der Waals surface area contributed by atoms with Gasteiger partial charge < -0.3 is 14.5 Å². The van der Waals surface area contributed by atoms with Crippen molar-refractivity contribution in [3.8, 4) is 16.9 Å². The summed E-state index contributed by atoms with van der Waals surface area (Å²) in [4.78, 5) is 27.9. The smallest absolute Gasteiger partial charge is 0.355 e. The van der Waals surface area contributed by atoms with Gasteiger partial charge in [0.25, 0.3) is 0 Å². The van der Waals surface area contributed by atoms with Gasteiger partial charge in [0.05, 0.1) is 15.7 Å². The van der Waals surface area contributed by atoms with Gasteiger partial charge in [-0.2, -0.15) is 0 Å². The first-order valence-electron chi connectivity index (χ1n) is 8.02. The number of nitrogens with one attached hydrogen (secondary N) is 1. The minimum absolute atomic E-state index is 0.229. The second-order valence-electron chi connectivity index (χ2n) is 5.36. The molecule has 0 aliphatic carbocycles. The molecule has 0 aliphatic rings. The number of H-pyrrole nitrogens is 1. The molecule has 0 spiro atoms. The lowest BCUT2D eigenvalue weighted by Gasteiger charge is -2.09. The molecule has 1 N–H and O–H groups in total. The lowest BCUT2D eigenvalue weighted by atomic mass is 10.0. The Morgan fingerprint density at radius 3 is 2.38 bits per heavy atom. The lowest BCUT2D eigenvalue weighted by Crippen LogP contribution is -2.11. The van der Waals surface area contributed by atoms with Crippen molar-refractivity contribution in [2.45, 2.75) is 6.92 Å². The number of hydrogen-bond donors (Lipinski definition) is 1. The van der Waals surface area contributed by atoms with Crippen LogP contribution in [0.2, 0.25) is 0 Å². The van der Waals surface area contributed by atoms with E-state index >= 15 is 0 Å². The van der Waals surface area contributed by atoms with Crippen molar-refractivity contribution in [2.75, 3.05) is 6.61 Å². The zero-order valence-corrected chi connectivity index (χ0v) is 16.1. The molecule has 0 saturated carbocycles. The molecule has 0 saturated heterocycles. The van der Waals surface area contributed by atoms with E-state index in [1.165, 1.54) is 6.20 Å². The summed E-state index contributed by atoms with van der Waals surface area (Å²) in [6.07, 6.45) is 1.48. The Kier molecular flexibility index (Phi) is 5.72. The summed E-state index contributed by atoms with van der Waals surface area (Å²) >= 11 is 2.10. The van der Waals surface area contributed by atoms with Crippen molar-refractivity contribution in [3.63, 3.8) is 0 Å². The maximum absolute atomic E-state index is 12.8. The Morgan fingerprint density at radius 1 is 1.00 bits per heavy atom. The summed E-state index contributed by atoms with van der Waals surface area (Å²) in [6, 6.07) is 16.4. The van der Waals surface area contributed by atoms with Crippen LogP contribution in [-0.4, -0.2) is 23.5 Å². The first-order chi connectivity index (χ1) is 12.6. The summed E-state index contributed by atoms with van der Waals surface area (Å²) < 4.78 is 11.4. The van der Waals surface area contributed by atoms with E-state index in [9.17, 15) is 9.59 Å². The number of carbonyl (C=O) groups is 2. The van der Waals surface area contributed by atoms with E-state index in [1.54, 1.807) is 19.1 Å². The molecule has 1 heterocycles. The molecule has 26 heavy (non-hydrogen) atoms. The molecule has 5 nitrogen and oxygen atoms in total. The van der Waals surface area contributed by atoms with Crippen molar-refractivity contribution in [3.05, 3.63) is 75.6 Å². The summed E-state index contributed by atoms with van der Waals surface area (Å²) in [5.41, 5.74) is 1.71. The van der Waals surface area contributed by atoms with Crippen LogP contribution in [0.1, 0.15) is 27.8 Å². The van der Waals surface area contributed by atoms with E-state index < -0.39 is 11.9 Å². The fourth-order valence-electron chi connectivity index (χ4n) is 2.54. The van der Waals surface area contributed by atoms with Gasteiger partial charge in [-0.25, -0.2) is 9.59 Å². The van der Waals surface area contributed by atoms with Gasteiger partial charge in [-0.3, -0.25) is 0 Å². The molecule has 0 amide bonds. The Bertz CT molecular complexity index is 934. The van der Waals surface area contributed by atoms with Gasteiger partial charge in [-0.05, 0) is 47.2 Å². The molecule has 0 bridgehead atoms. The average Bonchev–Trinajstić information content (AvgIpc) is 3.10. The van der Waals surface area contributed by atoms with Gasteiger partial charge in [0.1, 0.15) is 11.4 Å². The van der Waals surface area contributed by atoms with Crippen LogP contribution in [0.3, 0.4) is 0 Å². The van der Waals surface area contributed by atoms with Crippen LogP contribution in [0, 0.1) is 3.57 Å². The van der Waals surface area contributed by atoms with Crippen LogP contribution in [0.5, 0.6) is 5.75 Å². The zero-order valence-electron chi connectivity index (χ0n) is 14.0. The molecule has 1 aromatic heterocycles. The molecular weight excluding hydrogens is 445 g/mol. The fourth-order valence-corrected chi connectivity index (χ4v) is 3.03. The third-order valence-corrected chi connectivity index (χ3v) is 4.57. The number of carbonyl (C=O) groups excluding carboxylic acids is 2. The Hall–Kier alpha value is -2.61. The average molecular weight is 461 g/mol. The normalized spacial score (nSPS) is 10.4. The highest BCUT2D eigenvalue weighted by Gasteiger charge is 2.25. The summed E-state index contributed by atoms with van der Waals surface area (Å²) in [7, 11) is 0. The van der Waals surface area contributed by atoms with Gasteiger partial charge in [0, 0.05) is 11.8 Å². The van der Waals surface area contributed by atoms with E-state index in [1.807, 2.05) is 42.5 Å². The van der Waals surface area contributed by atoms with Crippen molar-refractivity contribution in [1.82, 2.24) is 4.98 Å². The van der Waals surface area contributed by atoms with Crippen LogP contribution in [0.15, 0.2) is 60.8 Å². The number of benzene rings is 2. The molecule has 0 atom stereocenters. The van der Waals surface area contributed by atoms with Crippen LogP contribution >= 0.6 is 22.6 Å². The zero-order chi connectivity index (χ0) is 18.5. The minimum Gasteiger partial charge on any atom is -0.461 e. The standard InChI is InChI=1S/C20H16INO4/c1-2-25-20(24)18-17(13-8-4-3-5-9-13)14(12-22-18)19(23)26-16-11-7-6-10-15(16)21/h3-12,22H,2H2,1H3. The summed E-state index contributed by atoms with van der Waals surface area (Å²) in [6.45, 7) is 1.98. The van der Waals surface area contributed by atoms with Crippen LogP contribution in [0.4, 0.5) is 0 Å². The second-order valence-corrected chi connectivity index (χ2v) is 6.52. The predicted molar refractivity (Wildman–Crippen MR) is 106 cm³/mol. The summed E-state index contributed by atoms with van der Waals surface area (Å²) in [5, 5.41) is 0. The van der Waals surface area contributed by atoms with Crippen molar-refractivity contribution < 1.29 is 19.1 Å². The largest absolute Gasteiger partial charge is 0.461 e. The molecule has 0 radical (unpaired) electrons. The number of esters is 2. The molecule has 0 aliphatic heterocycles. The molecule has 6 heteroatoms. The number of hydrogen-bond acceptors (Lipinski definition) is 4. The Balaban J connectivity index is 2.03. The van der Waals surface area contributed by atoms with E-state index in [-0.39, 0.29) is 17.9 Å². The van der Waals surface area contributed by atoms with Crippen molar-refractivity contribution >= 4 is 34.5 Å². The van der Waals surface area contributed by atoms with Gasteiger partial charge in [-0.1, -0.05) is 42.5 Å². The van der Waals surface area contributed by atoms with Gasteiger partial charge in [0.15, 0.2) is 0 Å². The lowest BCUT2D eigenvalue weighted by molar-refractivity contribution is 0.0521. The van der Waals surface area contributed by atoms with Crippen LogP contribution in [0.25, 0.3) is 11.1 Å². The van der Waals surface area contributed by atoms with Crippen molar-refractivity contribution in [2.24, 2.45) is 0 Å². The van der Waals surface area contributed by atoms with Crippen molar-refractivity contribution in [1.29, 1.82) is 0 Å². The monoisotopic (exact) mass is 461 g/mol. The molecule has 2 aromatic carbocycles. The van der Waals surface area contributed by atoms with Gasteiger partial charge >= 0.3 is 11.9 Å². The molecule has 3 rings (SSSR count). The summed E-state index contributed by atoms with van der Waals surface area (Å²) in [5.74, 6) is -0.588. The molecule has 0 unspecified atom stereocenters. The van der Waals surface area contributed by atoms with Crippen LogP contribution in [-0.2, 0) is 4.74 Å². The van der Waals surface area contributed by atoms with E-state index in [0.29, 0.717) is 11.3 Å². The molecule has 132 valence electrons.